The van der Waals surface area contributed by atoms with Crippen molar-refractivity contribution in [3.05, 3.63) is 36.7 Å². The van der Waals surface area contributed by atoms with E-state index in [0.717, 1.165) is 25.7 Å². The summed E-state index contributed by atoms with van der Waals surface area (Å²) in [6.07, 6.45) is 6.42. The molecule has 2 aromatic heterocycles. The van der Waals surface area contributed by atoms with Crippen LogP contribution in [0.3, 0.4) is 0 Å². The second-order valence-electron chi connectivity index (χ2n) is 10.7. The van der Waals surface area contributed by atoms with E-state index < -0.39 is 18.7 Å². The predicted molar refractivity (Wildman–Crippen MR) is 132 cm³/mol. The van der Waals surface area contributed by atoms with E-state index in [1.165, 1.54) is 18.3 Å². The molecule has 3 aromatic rings. The zero-order valence-corrected chi connectivity index (χ0v) is 20.1. The van der Waals surface area contributed by atoms with E-state index in [1.54, 1.807) is 18.3 Å². The Hall–Kier alpha value is -3.40. The van der Waals surface area contributed by atoms with Gasteiger partial charge in [-0.2, -0.15) is 5.10 Å². The highest BCUT2D eigenvalue weighted by atomic mass is 19.1. The molecule has 9 nitrogen and oxygen atoms in total. The third-order valence-electron chi connectivity index (χ3n) is 7.81. The van der Waals surface area contributed by atoms with Gasteiger partial charge in [-0.3, -0.25) is 0 Å². The number of fused-ring (bicyclic) bond motifs is 2. The Labute approximate surface area is 213 Å². The van der Waals surface area contributed by atoms with Gasteiger partial charge in [0.1, 0.15) is 11.9 Å². The molecule has 188 valence electrons. The van der Waals surface area contributed by atoms with Gasteiger partial charge in [0, 0.05) is 28.7 Å². The van der Waals surface area contributed by atoms with Crippen LogP contribution in [-0.4, -0.2) is 66.9 Å². The summed E-state index contributed by atoms with van der Waals surface area (Å²) < 4.78 is 42.4. The lowest BCUT2D eigenvalue weighted by Gasteiger charge is -2.48. The SMILES string of the molecule is [2H]C([2H])([2H])Oc1cc(-c2ccc(-c3ncc(N(C4CC4)[C@@H]4C[C@@]5(C)CC[C@](C)(N5)[C@@H]4F)nn3)c(O)c2)cnn1. The molecule has 3 fully saturated rings. The number of nitrogens with one attached hydrogen (secondary N) is 1. The normalized spacial score (nSPS) is 30.8. The number of hydrogen-bond acceptors (Lipinski definition) is 9. The van der Waals surface area contributed by atoms with Crippen LogP contribution in [0.4, 0.5) is 10.2 Å². The summed E-state index contributed by atoms with van der Waals surface area (Å²) in [5.74, 6) is 0.539. The quantitative estimate of drug-likeness (QED) is 0.530. The third kappa shape index (κ3) is 3.93. The smallest absolute Gasteiger partial charge is 0.233 e. The summed E-state index contributed by atoms with van der Waals surface area (Å²) >= 11 is 0. The van der Waals surface area contributed by atoms with E-state index in [9.17, 15) is 5.11 Å². The average molecular weight is 495 g/mol. The molecule has 0 spiro atoms. The van der Waals surface area contributed by atoms with Gasteiger partial charge in [-0.05, 0) is 63.6 Å². The highest BCUT2D eigenvalue weighted by Gasteiger charge is 2.58. The molecular formula is C26H30FN7O2. The molecule has 0 amide bonds. The molecule has 0 unspecified atom stereocenters. The molecule has 1 saturated carbocycles. The highest BCUT2D eigenvalue weighted by molar-refractivity contribution is 5.72. The number of phenols is 1. The minimum atomic E-state index is -2.65. The first-order valence-corrected chi connectivity index (χ1v) is 12.2. The Morgan fingerprint density at radius 2 is 2.00 bits per heavy atom. The van der Waals surface area contributed by atoms with Crippen LogP contribution in [0, 0.1) is 0 Å². The van der Waals surface area contributed by atoms with Crippen LogP contribution in [-0.2, 0) is 0 Å². The summed E-state index contributed by atoms with van der Waals surface area (Å²) in [4.78, 5) is 6.57. The van der Waals surface area contributed by atoms with Gasteiger partial charge in [0.25, 0.3) is 0 Å². The lowest BCUT2D eigenvalue weighted by atomic mass is 9.82. The number of ether oxygens (including phenoxy) is 1. The van der Waals surface area contributed by atoms with E-state index in [2.05, 4.69) is 42.5 Å². The molecule has 10 heteroatoms. The van der Waals surface area contributed by atoms with Crippen LogP contribution < -0.4 is 15.0 Å². The standard InChI is InChI=1S/C26H30FN7O2/c1-25-8-9-26(2,33-25)23(27)19(12-25)34(17-5-6-17)21-14-28-24(32-30-21)18-7-4-15(10-20(18)35)16-11-22(36-3)31-29-13-16/h4,7,10-11,13-14,17,19,23,33,35H,5-6,8-9,12H2,1-3H3/t19-,23-,25-,26+/m1/s1/i3D3. The first kappa shape index (κ1) is 19.7. The van der Waals surface area contributed by atoms with Gasteiger partial charge in [-0.25, -0.2) is 9.37 Å². The van der Waals surface area contributed by atoms with Crippen molar-refractivity contribution in [3.8, 4) is 34.1 Å². The van der Waals surface area contributed by atoms with Gasteiger partial charge in [0.2, 0.25) is 5.88 Å². The number of aromatic nitrogens is 5. The van der Waals surface area contributed by atoms with Gasteiger partial charge in [0.15, 0.2) is 11.6 Å². The summed E-state index contributed by atoms with van der Waals surface area (Å²) in [5, 5.41) is 30.5. The lowest BCUT2D eigenvalue weighted by molar-refractivity contribution is 0.0831. The van der Waals surface area contributed by atoms with Gasteiger partial charge in [-0.1, -0.05) is 6.07 Å². The summed E-state index contributed by atoms with van der Waals surface area (Å²) in [6, 6.07) is 6.21. The molecule has 3 aliphatic rings. The number of anilines is 1. The fraction of sp³-hybridized carbons (Fsp3) is 0.500. The molecule has 4 heterocycles. The monoisotopic (exact) mass is 494 g/mol. The number of hydrogen-bond donors (Lipinski definition) is 2. The number of rotatable bonds is 6. The molecule has 0 radical (unpaired) electrons. The fourth-order valence-corrected chi connectivity index (χ4v) is 5.89. The van der Waals surface area contributed by atoms with Crippen molar-refractivity contribution in [2.24, 2.45) is 0 Å². The topological polar surface area (TPSA) is 109 Å². The molecule has 2 aliphatic heterocycles. The van der Waals surface area contributed by atoms with Crippen LogP contribution in [0.2, 0.25) is 0 Å². The average Bonchev–Trinajstić information content (AvgIpc) is 3.67. The Bertz CT molecular complexity index is 1390. The van der Waals surface area contributed by atoms with Crippen molar-refractivity contribution >= 4 is 5.82 Å². The molecule has 2 saturated heterocycles. The largest absolute Gasteiger partial charge is 0.507 e. The Kier molecular flexibility index (Phi) is 4.57. The van der Waals surface area contributed by atoms with E-state index >= 15 is 4.39 Å². The van der Waals surface area contributed by atoms with Crippen molar-refractivity contribution in [3.63, 3.8) is 0 Å². The number of aromatic hydroxyl groups is 1. The molecule has 2 N–H and O–H groups in total. The number of piperidine rings is 1. The summed E-state index contributed by atoms with van der Waals surface area (Å²) in [6.45, 7) is 4.15. The predicted octanol–water partition coefficient (Wildman–Crippen LogP) is 3.69. The number of benzene rings is 1. The van der Waals surface area contributed by atoms with E-state index in [4.69, 9.17) is 8.85 Å². The Balaban J connectivity index is 1.24. The van der Waals surface area contributed by atoms with Gasteiger partial charge in [0.05, 0.1) is 35.1 Å². The zero-order valence-electron chi connectivity index (χ0n) is 23.1. The third-order valence-corrected chi connectivity index (χ3v) is 7.81. The minimum Gasteiger partial charge on any atom is -0.507 e. The van der Waals surface area contributed by atoms with Crippen LogP contribution in [0.25, 0.3) is 22.5 Å². The molecule has 4 atom stereocenters. The maximum absolute atomic E-state index is 15.8. The number of halogens is 1. The molecule has 1 aliphatic carbocycles. The van der Waals surface area contributed by atoms with Crippen molar-refractivity contribution in [1.82, 2.24) is 30.7 Å². The Morgan fingerprint density at radius 1 is 1.14 bits per heavy atom. The fourth-order valence-electron chi connectivity index (χ4n) is 5.89. The van der Waals surface area contributed by atoms with Gasteiger partial charge >= 0.3 is 0 Å². The van der Waals surface area contributed by atoms with Crippen molar-refractivity contribution in [2.45, 2.75) is 75.3 Å². The van der Waals surface area contributed by atoms with Crippen LogP contribution in [0.1, 0.15) is 50.1 Å². The minimum absolute atomic E-state index is 0.0872. The zero-order chi connectivity index (χ0) is 27.6. The van der Waals surface area contributed by atoms with E-state index in [1.807, 2.05) is 6.92 Å². The van der Waals surface area contributed by atoms with Crippen molar-refractivity contribution < 1.29 is 18.3 Å². The number of methoxy groups -OCH3 is 1. The molecule has 2 bridgehead atoms. The molecule has 36 heavy (non-hydrogen) atoms. The van der Waals surface area contributed by atoms with E-state index in [-0.39, 0.29) is 35.1 Å². The highest BCUT2D eigenvalue weighted by Crippen LogP contribution is 2.47. The van der Waals surface area contributed by atoms with Gasteiger partial charge < -0.3 is 20.1 Å². The van der Waals surface area contributed by atoms with E-state index in [0.29, 0.717) is 28.9 Å². The van der Waals surface area contributed by atoms with Crippen molar-refractivity contribution in [1.29, 1.82) is 0 Å². The molecular weight excluding hydrogens is 461 g/mol. The molecule has 1 aromatic carbocycles. The first-order valence-electron chi connectivity index (χ1n) is 13.7. The Morgan fingerprint density at radius 3 is 2.72 bits per heavy atom. The number of alkyl halides is 1. The maximum Gasteiger partial charge on any atom is 0.233 e. The van der Waals surface area contributed by atoms with Crippen LogP contribution >= 0.6 is 0 Å². The van der Waals surface area contributed by atoms with Crippen molar-refractivity contribution in [2.75, 3.05) is 11.9 Å². The first-order chi connectivity index (χ1) is 18.4. The van der Waals surface area contributed by atoms with Crippen LogP contribution in [0.5, 0.6) is 11.6 Å². The second-order valence-corrected chi connectivity index (χ2v) is 10.7. The van der Waals surface area contributed by atoms with Gasteiger partial charge in [-0.15, -0.1) is 15.3 Å². The number of phenolic OH excluding ortho intramolecular Hbond substituents is 1. The molecule has 6 rings (SSSR count). The lowest BCUT2D eigenvalue weighted by Crippen LogP contribution is -2.66. The maximum atomic E-state index is 15.8. The summed E-state index contributed by atoms with van der Waals surface area (Å²) in [5.41, 5.74) is 0.804. The second kappa shape index (κ2) is 8.33. The van der Waals surface area contributed by atoms with Crippen LogP contribution in [0.15, 0.2) is 36.7 Å². The summed E-state index contributed by atoms with van der Waals surface area (Å²) in [7, 11) is -2.65. The number of nitrogens with zero attached hydrogens (tertiary/aromatic N) is 6.